The van der Waals surface area contributed by atoms with Crippen LogP contribution < -0.4 is 14.8 Å². The number of halogens is 1. The van der Waals surface area contributed by atoms with Crippen molar-refractivity contribution in [3.05, 3.63) is 52.5 Å². The number of carbonyl (C=O) groups excluding carboxylic acids is 2. The number of benzene rings is 2. The van der Waals surface area contributed by atoms with Crippen molar-refractivity contribution >= 4 is 29.1 Å². The van der Waals surface area contributed by atoms with Gasteiger partial charge >= 0.3 is 0 Å². The minimum Gasteiger partial charge on any atom is -0.486 e. The van der Waals surface area contributed by atoms with Gasteiger partial charge in [0.1, 0.15) is 13.2 Å². The Hall–Kier alpha value is -2.73. The summed E-state index contributed by atoms with van der Waals surface area (Å²) in [4.78, 5) is 26.5. The average molecular weight is 417 g/mol. The van der Waals surface area contributed by atoms with E-state index in [1.54, 1.807) is 23.1 Å². The topological polar surface area (TPSA) is 67.9 Å². The predicted octanol–water partition coefficient (Wildman–Crippen LogP) is 3.84. The Morgan fingerprint density at radius 2 is 1.86 bits per heavy atom. The molecule has 29 heavy (non-hydrogen) atoms. The van der Waals surface area contributed by atoms with E-state index in [1.807, 2.05) is 32.0 Å². The van der Waals surface area contributed by atoms with Crippen LogP contribution in [0, 0.1) is 6.92 Å². The highest BCUT2D eigenvalue weighted by molar-refractivity contribution is 6.31. The monoisotopic (exact) mass is 416 g/mol. The number of anilines is 1. The van der Waals surface area contributed by atoms with E-state index in [1.165, 1.54) is 0 Å². The van der Waals surface area contributed by atoms with Crippen molar-refractivity contribution in [1.29, 1.82) is 0 Å². The smallest absolute Gasteiger partial charge is 0.243 e. The molecule has 7 heteroatoms. The molecule has 1 aliphatic rings. The van der Waals surface area contributed by atoms with Gasteiger partial charge in [0.2, 0.25) is 11.8 Å². The summed E-state index contributed by atoms with van der Waals surface area (Å²) >= 11 is 6.14. The Morgan fingerprint density at radius 1 is 1.10 bits per heavy atom. The van der Waals surface area contributed by atoms with E-state index in [4.69, 9.17) is 21.1 Å². The van der Waals surface area contributed by atoms with Gasteiger partial charge in [-0.3, -0.25) is 9.59 Å². The van der Waals surface area contributed by atoms with E-state index in [2.05, 4.69) is 5.32 Å². The fraction of sp³-hybridized carbons (Fsp3) is 0.364. The molecule has 0 fully saturated rings. The summed E-state index contributed by atoms with van der Waals surface area (Å²) in [6.45, 7) is 5.25. The van der Waals surface area contributed by atoms with Crippen LogP contribution in [-0.2, 0) is 16.0 Å². The molecule has 0 bridgehead atoms. The molecule has 1 N–H and O–H groups in total. The number of nitrogens with one attached hydrogen (secondary N) is 1. The van der Waals surface area contributed by atoms with E-state index < -0.39 is 0 Å². The number of carbonyl (C=O) groups is 2. The first-order chi connectivity index (χ1) is 14.0. The quantitative estimate of drug-likeness (QED) is 0.744. The van der Waals surface area contributed by atoms with E-state index in [0.29, 0.717) is 54.8 Å². The fourth-order valence-corrected chi connectivity index (χ4v) is 3.28. The molecule has 2 aromatic carbocycles. The van der Waals surface area contributed by atoms with Crippen LogP contribution >= 0.6 is 11.6 Å². The van der Waals surface area contributed by atoms with E-state index in [0.717, 1.165) is 11.1 Å². The number of ether oxygens (including phenoxy) is 2. The molecule has 0 aliphatic carbocycles. The van der Waals surface area contributed by atoms with Gasteiger partial charge in [-0.15, -0.1) is 0 Å². The molecule has 0 spiro atoms. The van der Waals surface area contributed by atoms with Crippen LogP contribution in [0.1, 0.15) is 24.5 Å². The lowest BCUT2D eigenvalue weighted by atomic mass is 10.1. The second-order valence-electron chi connectivity index (χ2n) is 6.90. The Bertz CT molecular complexity index is 900. The third kappa shape index (κ3) is 5.64. The third-order valence-electron chi connectivity index (χ3n) is 4.76. The molecule has 6 nitrogen and oxygen atoms in total. The van der Waals surface area contributed by atoms with Crippen LogP contribution in [0.5, 0.6) is 11.5 Å². The van der Waals surface area contributed by atoms with Crippen molar-refractivity contribution in [3.63, 3.8) is 0 Å². The molecule has 3 rings (SSSR count). The second-order valence-corrected chi connectivity index (χ2v) is 7.31. The van der Waals surface area contributed by atoms with Crippen LogP contribution in [0.3, 0.4) is 0 Å². The van der Waals surface area contributed by atoms with E-state index in [9.17, 15) is 9.59 Å². The first-order valence-electron chi connectivity index (χ1n) is 9.68. The van der Waals surface area contributed by atoms with Gasteiger partial charge in [0.05, 0.1) is 6.54 Å². The molecule has 2 amide bonds. The van der Waals surface area contributed by atoms with Gasteiger partial charge in [-0.05, 0) is 49.6 Å². The zero-order valence-corrected chi connectivity index (χ0v) is 17.4. The Balaban J connectivity index is 1.53. The van der Waals surface area contributed by atoms with Gasteiger partial charge in [-0.1, -0.05) is 23.7 Å². The molecular formula is C22H25ClN2O4. The number of amides is 2. The van der Waals surface area contributed by atoms with Gasteiger partial charge in [-0.25, -0.2) is 0 Å². The number of hydrogen-bond acceptors (Lipinski definition) is 4. The van der Waals surface area contributed by atoms with E-state index in [-0.39, 0.29) is 18.4 Å². The zero-order chi connectivity index (χ0) is 20.8. The number of fused-ring (bicyclic) bond motifs is 1. The highest BCUT2D eigenvalue weighted by Gasteiger charge is 2.17. The van der Waals surface area contributed by atoms with Crippen LogP contribution in [0.4, 0.5) is 5.69 Å². The Morgan fingerprint density at radius 3 is 2.59 bits per heavy atom. The molecule has 1 heterocycles. The molecule has 0 saturated heterocycles. The van der Waals surface area contributed by atoms with Gasteiger partial charge in [-0.2, -0.15) is 0 Å². The van der Waals surface area contributed by atoms with Crippen molar-refractivity contribution in [2.24, 2.45) is 0 Å². The van der Waals surface area contributed by atoms with Crippen molar-refractivity contribution < 1.29 is 19.1 Å². The number of nitrogens with zero attached hydrogens (tertiary/aromatic N) is 1. The summed E-state index contributed by atoms with van der Waals surface area (Å²) in [5, 5.41) is 3.51. The molecule has 0 atom stereocenters. The highest BCUT2D eigenvalue weighted by atomic mass is 35.5. The number of hydrogen-bond donors (Lipinski definition) is 1. The lowest BCUT2D eigenvalue weighted by Crippen LogP contribution is -2.38. The van der Waals surface area contributed by atoms with Crippen molar-refractivity contribution in [3.8, 4) is 11.5 Å². The number of aryl methyl sites for hydroxylation is 2. The third-order valence-corrected chi connectivity index (χ3v) is 5.17. The van der Waals surface area contributed by atoms with Gasteiger partial charge in [0, 0.05) is 29.7 Å². The average Bonchev–Trinajstić information content (AvgIpc) is 2.72. The number of likely N-dealkylation sites (N-methyl/N-ethyl adjacent to an activating group) is 1. The summed E-state index contributed by atoms with van der Waals surface area (Å²) < 4.78 is 11.0. The summed E-state index contributed by atoms with van der Waals surface area (Å²) in [5.74, 6) is 0.946. The first-order valence-corrected chi connectivity index (χ1v) is 10.1. The standard InChI is InChI=1S/C22H25ClN2O4/c1-3-25(22(27)9-6-16-5-4-15(2)18(23)12-16)14-21(26)24-17-7-8-19-20(13-17)29-11-10-28-19/h4-5,7-8,12-13H,3,6,9-11,14H2,1-2H3,(H,24,26). The maximum atomic E-state index is 12.6. The van der Waals surface area contributed by atoms with Crippen LogP contribution in [0.15, 0.2) is 36.4 Å². The van der Waals surface area contributed by atoms with Crippen LogP contribution in [0.25, 0.3) is 0 Å². The molecule has 0 radical (unpaired) electrons. The number of rotatable bonds is 7. The van der Waals surface area contributed by atoms with Crippen molar-refractivity contribution in [2.45, 2.75) is 26.7 Å². The first kappa shape index (κ1) is 21.0. The van der Waals surface area contributed by atoms with Gasteiger partial charge in [0.15, 0.2) is 11.5 Å². The molecular weight excluding hydrogens is 392 g/mol. The molecule has 2 aromatic rings. The maximum absolute atomic E-state index is 12.6. The summed E-state index contributed by atoms with van der Waals surface area (Å²) in [6.07, 6.45) is 0.906. The summed E-state index contributed by atoms with van der Waals surface area (Å²) in [7, 11) is 0. The lowest BCUT2D eigenvalue weighted by molar-refractivity contribution is -0.134. The fourth-order valence-electron chi connectivity index (χ4n) is 3.07. The van der Waals surface area contributed by atoms with Gasteiger partial charge < -0.3 is 19.7 Å². The minimum atomic E-state index is -0.254. The molecule has 0 unspecified atom stereocenters. The van der Waals surface area contributed by atoms with Crippen LogP contribution in [-0.4, -0.2) is 43.0 Å². The van der Waals surface area contributed by atoms with Crippen molar-refractivity contribution in [1.82, 2.24) is 4.90 Å². The molecule has 1 aliphatic heterocycles. The lowest BCUT2D eigenvalue weighted by Gasteiger charge is -2.21. The maximum Gasteiger partial charge on any atom is 0.243 e. The molecule has 0 saturated carbocycles. The highest BCUT2D eigenvalue weighted by Crippen LogP contribution is 2.32. The van der Waals surface area contributed by atoms with E-state index >= 15 is 0 Å². The van der Waals surface area contributed by atoms with Crippen molar-refractivity contribution in [2.75, 3.05) is 31.6 Å². The predicted molar refractivity (Wildman–Crippen MR) is 113 cm³/mol. The van der Waals surface area contributed by atoms with Gasteiger partial charge in [0.25, 0.3) is 0 Å². The summed E-state index contributed by atoms with van der Waals surface area (Å²) in [6, 6.07) is 11.0. The zero-order valence-electron chi connectivity index (χ0n) is 16.7. The molecule has 154 valence electrons. The molecule has 0 aromatic heterocycles. The Labute approximate surface area is 175 Å². The van der Waals surface area contributed by atoms with Crippen LogP contribution in [0.2, 0.25) is 5.02 Å². The Kier molecular flexibility index (Phi) is 6.99. The summed E-state index contributed by atoms with van der Waals surface area (Å²) in [5.41, 5.74) is 2.62. The second kappa shape index (κ2) is 9.65. The minimum absolute atomic E-state index is 0.00156. The normalized spacial score (nSPS) is 12.4. The largest absolute Gasteiger partial charge is 0.486 e. The SMILES string of the molecule is CCN(CC(=O)Nc1ccc2c(c1)OCCO2)C(=O)CCc1ccc(C)c(Cl)c1.